The summed E-state index contributed by atoms with van der Waals surface area (Å²) < 4.78 is 12.7. The van der Waals surface area contributed by atoms with Gasteiger partial charge in [-0.05, 0) is 26.3 Å². The van der Waals surface area contributed by atoms with Crippen LogP contribution < -0.4 is 5.32 Å². The van der Waals surface area contributed by atoms with Crippen LogP contribution >= 0.6 is 0 Å². The number of phenols is 2. The molecule has 3 aliphatic rings. The average molecular weight is 566 g/mol. The maximum absolute atomic E-state index is 13.7. The van der Waals surface area contributed by atoms with Gasteiger partial charge in [0.25, 0.3) is 0 Å². The zero-order chi connectivity index (χ0) is 30.2. The molecule has 1 fully saturated rings. The summed E-state index contributed by atoms with van der Waals surface area (Å²) in [6.07, 6.45) is -2.24. The Kier molecular flexibility index (Phi) is 7.18. The molecule has 9 nitrogen and oxygen atoms in total. The van der Waals surface area contributed by atoms with Gasteiger partial charge in [-0.15, -0.1) is 0 Å². The van der Waals surface area contributed by atoms with Crippen LogP contribution in [0.1, 0.15) is 109 Å². The Hall–Kier alpha value is -3.11. The molecule has 0 spiro atoms. The van der Waals surface area contributed by atoms with Crippen LogP contribution in [0.5, 0.6) is 11.5 Å². The zero-order valence-electron chi connectivity index (χ0n) is 24.6. The largest absolute Gasteiger partial charge is 0.507 e. The second-order valence-corrected chi connectivity index (χ2v) is 12.7. The van der Waals surface area contributed by atoms with E-state index >= 15 is 0 Å². The first-order valence-corrected chi connectivity index (χ1v) is 14.2. The summed E-state index contributed by atoms with van der Waals surface area (Å²) >= 11 is 0. The maximum Gasteiger partial charge on any atom is 0.198 e. The SMILES string of the molecule is CC(=O)[C@]1(O)Cc2c(O)c3c(c(O)c2[C@@H](OC2CC(NC(C)C)C(C)(C)C(C)O2)C1)C(=O)c1c(C)cccc1C3=O. The van der Waals surface area contributed by atoms with Crippen molar-refractivity contribution in [3.8, 4) is 11.5 Å². The lowest BCUT2D eigenvalue weighted by Gasteiger charge is -2.48. The van der Waals surface area contributed by atoms with Gasteiger partial charge in [0.2, 0.25) is 0 Å². The number of hydrogen-bond donors (Lipinski definition) is 4. The van der Waals surface area contributed by atoms with E-state index in [4.69, 9.17) is 9.47 Å². The Balaban J connectivity index is 1.63. The fraction of sp³-hybridized carbons (Fsp3) is 0.531. The first-order valence-electron chi connectivity index (χ1n) is 14.2. The molecule has 41 heavy (non-hydrogen) atoms. The third-order valence-electron chi connectivity index (χ3n) is 9.34. The number of aromatic hydroxyl groups is 2. The van der Waals surface area contributed by atoms with Gasteiger partial charge in [0, 0.05) is 59.0 Å². The summed E-state index contributed by atoms with van der Waals surface area (Å²) in [6, 6.07) is 5.06. The molecule has 0 amide bonds. The molecule has 2 aliphatic carbocycles. The van der Waals surface area contributed by atoms with Crippen molar-refractivity contribution >= 4 is 17.3 Å². The fourth-order valence-corrected chi connectivity index (χ4v) is 6.53. The summed E-state index contributed by atoms with van der Waals surface area (Å²) in [5, 5.41) is 38.1. The average Bonchev–Trinajstić information content (AvgIpc) is 2.87. The minimum absolute atomic E-state index is 0.00787. The topological polar surface area (TPSA) is 142 Å². The molecule has 9 heteroatoms. The summed E-state index contributed by atoms with van der Waals surface area (Å²) in [7, 11) is 0. The van der Waals surface area contributed by atoms with Gasteiger partial charge in [0.15, 0.2) is 23.6 Å². The molecule has 2 aromatic rings. The quantitative estimate of drug-likeness (QED) is 0.337. The van der Waals surface area contributed by atoms with Crippen LogP contribution in [0.3, 0.4) is 0 Å². The van der Waals surface area contributed by atoms with Gasteiger partial charge in [-0.3, -0.25) is 14.4 Å². The standard InChI is InChI=1S/C32H39NO8/c1-14(2)33-21-11-22(40-17(5)31(21,6)7)41-20-13-32(39,16(4)34)12-19-24(20)30(38)26-25(28(19)36)27(35)18-10-8-9-15(3)23(18)29(26)37/h8-10,14,17,20-22,33,36,38-39H,11-13H2,1-7H3/t17?,20-,21?,22?,32-/m0/s1. The number of fused-ring (bicyclic) bond motifs is 3. The molecule has 1 aliphatic heterocycles. The molecule has 0 radical (unpaired) electrons. The number of nitrogens with one attached hydrogen (secondary N) is 1. The minimum Gasteiger partial charge on any atom is -0.507 e. The lowest BCUT2D eigenvalue weighted by atomic mass is 9.71. The van der Waals surface area contributed by atoms with Crippen LogP contribution in [0.4, 0.5) is 0 Å². The zero-order valence-corrected chi connectivity index (χ0v) is 24.6. The highest BCUT2D eigenvalue weighted by Crippen LogP contribution is 2.52. The van der Waals surface area contributed by atoms with Crippen molar-refractivity contribution in [3.05, 3.63) is 57.1 Å². The Morgan fingerprint density at radius 3 is 2.39 bits per heavy atom. The molecule has 1 saturated heterocycles. The number of aliphatic hydroxyl groups is 1. The Morgan fingerprint density at radius 2 is 1.76 bits per heavy atom. The number of benzene rings is 2. The van der Waals surface area contributed by atoms with Crippen molar-refractivity contribution in [2.75, 3.05) is 0 Å². The molecule has 4 N–H and O–H groups in total. The van der Waals surface area contributed by atoms with E-state index in [-0.39, 0.29) is 69.8 Å². The molecule has 220 valence electrons. The van der Waals surface area contributed by atoms with Gasteiger partial charge in [-0.1, -0.05) is 45.9 Å². The van der Waals surface area contributed by atoms with E-state index in [1.54, 1.807) is 19.1 Å². The van der Waals surface area contributed by atoms with E-state index in [0.29, 0.717) is 12.0 Å². The molecule has 1 heterocycles. The first kappa shape index (κ1) is 29.4. The van der Waals surface area contributed by atoms with E-state index in [9.17, 15) is 29.7 Å². The van der Waals surface area contributed by atoms with Crippen LogP contribution in [0.15, 0.2) is 18.2 Å². The van der Waals surface area contributed by atoms with Gasteiger partial charge in [-0.25, -0.2) is 0 Å². The monoisotopic (exact) mass is 565 g/mol. The van der Waals surface area contributed by atoms with E-state index < -0.39 is 46.8 Å². The molecular weight excluding hydrogens is 526 g/mol. The van der Waals surface area contributed by atoms with Crippen molar-refractivity contribution in [2.24, 2.45) is 5.41 Å². The number of hydrogen-bond acceptors (Lipinski definition) is 9. The summed E-state index contributed by atoms with van der Waals surface area (Å²) in [6.45, 7) is 13.2. The molecule has 3 unspecified atom stereocenters. The van der Waals surface area contributed by atoms with Gasteiger partial charge >= 0.3 is 0 Å². The number of carbonyl (C=O) groups is 3. The van der Waals surface area contributed by atoms with Crippen molar-refractivity contribution in [1.29, 1.82) is 0 Å². The summed E-state index contributed by atoms with van der Waals surface area (Å²) in [5.74, 6) is -2.77. The van der Waals surface area contributed by atoms with Gasteiger partial charge in [-0.2, -0.15) is 0 Å². The Bertz CT molecular complexity index is 1460. The van der Waals surface area contributed by atoms with Crippen LogP contribution in [-0.4, -0.2) is 62.7 Å². The highest BCUT2D eigenvalue weighted by atomic mass is 16.7. The Labute approximate surface area is 239 Å². The highest BCUT2D eigenvalue weighted by Gasteiger charge is 2.50. The third kappa shape index (κ3) is 4.59. The van der Waals surface area contributed by atoms with Crippen LogP contribution in [0, 0.1) is 12.3 Å². The van der Waals surface area contributed by atoms with E-state index in [1.165, 1.54) is 13.0 Å². The fourth-order valence-electron chi connectivity index (χ4n) is 6.53. The number of ketones is 3. The number of carbonyl (C=O) groups excluding carboxylic acids is 3. The van der Waals surface area contributed by atoms with E-state index in [0.717, 1.165) is 0 Å². The van der Waals surface area contributed by atoms with Crippen molar-refractivity contribution in [1.82, 2.24) is 5.32 Å². The number of ether oxygens (including phenoxy) is 2. The van der Waals surface area contributed by atoms with Crippen LogP contribution in [0.2, 0.25) is 0 Å². The third-order valence-corrected chi connectivity index (χ3v) is 9.34. The second-order valence-electron chi connectivity index (χ2n) is 12.7. The molecule has 0 aromatic heterocycles. The first-order chi connectivity index (χ1) is 19.1. The van der Waals surface area contributed by atoms with Crippen LogP contribution in [0.25, 0.3) is 0 Å². The normalized spacial score (nSPS) is 28.7. The summed E-state index contributed by atoms with van der Waals surface area (Å²) in [5.41, 5.74) is -1.84. The summed E-state index contributed by atoms with van der Waals surface area (Å²) in [4.78, 5) is 40.0. The Morgan fingerprint density at radius 1 is 1.10 bits per heavy atom. The van der Waals surface area contributed by atoms with Gasteiger partial charge in [0.1, 0.15) is 17.1 Å². The maximum atomic E-state index is 13.7. The highest BCUT2D eigenvalue weighted by molar-refractivity contribution is 6.31. The molecular formula is C32H39NO8. The van der Waals surface area contributed by atoms with Crippen molar-refractivity contribution in [2.45, 2.75) is 104 Å². The number of aryl methyl sites for hydroxylation is 1. The van der Waals surface area contributed by atoms with E-state index in [1.807, 2.05) is 6.92 Å². The minimum atomic E-state index is -1.93. The predicted molar refractivity (Wildman–Crippen MR) is 150 cm³/mol. The number of phenolic OH excluding ortho intramolecular Hbond substituents is 2. The van der Waals surface area contributed by atoms with Gasteiger partial charge in [0.05, 0.1) is 23.3 Å². The predicted octanol–water partition coefficient (Wildman–Crippen LogP) is 4.03. The lowest BCUT2D eigenvalue weighted by Crippen LogP contribution is -2.57. The molecule has 2 aromatic carbocycles. The van der Waals surface area contributed by atoms with Crippen molar-refractivity contribution in [3.63, 3.8) is 0 Å². The molecule has 0 bridgehead atoms. The molecule has 5 atom stereocenters. The lowest BCUT2D eigenvalue weighted by molar-refractivity contribution is -0.254. The van der Waals surface area contributed by atoms with Crippen LogP contribution in [-0.2, 0) is 20.7 Å². The number of Topliss-reactive ketones (excluding diaryl/α,β-unsaturated/α-hetero) is 1. The van der Waals surface area contributed by atoms with Crippen molar-refractivity contribution < 1.29 is 39.2 Å². The molecule has 5 rings (SSSR count). The molecule has 0 saturated carbocycles. The second kappa shape index (κ2) is 10.0. The number of rotatable bonds is 5. The van der Waals surface area contributed by atoms with Gasteiger partial charge < -0.3 is 30.1 Å². The van der Waals surface area contributed by atoms with E-state index in [2.05, 4.69) is 33.0 Å². The smallest absolute Gasteiger partial charge is 0.198 e.